The number of aromatic nitrogens is 3. The van der Waals surface area contributed by atoms with Gasteiger partial charge in [0.2, 0.25) is 5.91 Å². The molecule has 0 radical (unpaired) electrons. The summed E-state index contributed by atoms with van der Waals surface area (Å²) in [6, 6.07) is 0. The van der Waals surface area contributed by atoms with Crippen LogP contribution in [0.2, 0.25) is 0 Å². The van der Waals surface area contributed by atoms with Gasteiger partial charge in [0, 0.05) is 18.9 Å². The van der Waals surface area contributed by atoms with Crippen molar-refractivity contribution >= 4 is 5.91 Å². The Labute approximate surface area is 113 Å². The number of rotatable bonds is 6. The van der Waals surface area contributed by atoms with Gasteiger partial charge in [-0.1, -0.05) is 0 Å². The SMILES string of the molecule is NCC1CCC(C(=O)NCCCc2ncn[nH]2)CC1. The van der Waals surface area contributed by atoms with Crippen LogP contribution < -0.4 is 11.1 Å². The van der Waals surface area contributed by atoms with Gasteiger partial charge in [0.25, 0.3) is 0 Å². The monoisotopic (exact) mass is 265 g/mol. The summed E-state index contributed by atoms with van der Waals surface area (Å²) in [5.74, 6) is 1.88. The largest absolute Gasteiger partial charge is 0.356 e. The minimum atomic E-state index is 0.188. The standard InChI is InChI=1S/C13H23N5O/c14-8-10-3-5-11(6-4-10)13(19)15-7-1-2-12-16-9-17-18-12/h9-11H,1-8,14H2,(H,15,19)(H,16,17,18). The fourth-order valence-electron chi connectivity index (χ4n) is 2.62. The van der Waals surface area contributed by atoms with Crippen molar-refractivity contribution < 1.29 is 4.79 Å². The second-order valence-corrected chi connectivity index (χ2v) is 5.28. The summed E-state index contributed by atoms with van der Waals surface area (Å²) in [4.78, 5) is 16.0. The maximum Gasteiger partial charge on any atom is 0.223 e. The van der Waals surface area contributed by atoms with Crippen LogP contribution in [0.15, 0.2) is 6.33 Å². The van der Waals surface area contributed by atoms with Crippen LogP contribution in [0.25, 0.3) is 0 Å². The van der Waals surface area contributed by atoms with Crippen molar-refractivity contribution in [3.05, 3.63) is 12.2 Å². The molecule has 19 heavy (non-hydrogen) atoms. The van der Waals surface area contributed by atoms with Crippen LogP contribution in [0.4, 0.5) is 0 Å². The van der Waals surface area contributed by atoms with Crippen molar-refractivity contribution in [3.63, 3.8) is 0 Å². The van der Waals surface area contributed by atoms with Crippen molar-refractivity contribution in [3.8, 4) is 0 Å². The molecule has 0 spiro atoms. The third-order valence-electron chi connectivity index (χ3n) is 3.91. The zero-order valence-corrected chi connectivity index (χ0v) is 11.3. The number of hydrogen-bond donors (Lipinski definition) is 3. The molecular formula is C13H23N5O. The van der Waals surface area contributed by atoms with Gasteiger partial charge >= 0.3 is 0 Å². The second kappa shape index (κ2) is 7.23. The zero-order chi connectivity index (χ0) is 13.5. The van der Waals surface area contributed by atoms with Crippen molar-refractivity contribution in [2.45, 2.75) is 38.5 Å². The summed E-state index contributed by atoms with van der Waals surface area (Å²) in [5, 5.41) is 9.62. The van der Waals surface area contributed by atoms with E-state index in [9.17, 15) is 4.79 Å². The molecule has 1 aliphatic rings. The predicted octanol–water partition coefficient (Wildman–Crippen LogP) is 0.619. The minimum Gasteiger partial charge on any atom is -0.356 e. The van der Waals surface area contributed by atoms with Gasteiger partial charge < -0.3 is 11.1 Å². The molecule has 4 N–H and O–H groups in total. The number of carbonyl (C=O) groups excluding carboxylic acids is 1. The first-order valence-electron chi connectivity index (χ1n) is 7.11. The van der Waals surface area contributed by atoms with E-state index in [1.165, 1.54) is 6.33 Å². The van der Waals surface area contributed by atoms with Crippen LogP contribution in [0, 0.1) is 11.8 Å². The molecule has 0 atom stereocenters. The van der Waals surface area contributed by atoms with Gasteiger partial charge in [-0.3, -0.25) is 9.89 Å². The lowest BCUT2D eigenvalue weighted by Gasteiger charge is -2.26. The van der Waals surface area contributed by atoms with Gasteiger partial charge in [0.05, 0.1) is 0 Å². The summed E-state index contributed by atoms with van der Waals surface area (Å²) in [7, 11) is 0. The molecule has 1 amide bonds. The molecule has 6 nitrogen and oxygen atoms in total. The summed E-state index contributed by atoms with van der Waals surface area (Å²) < 4.78 is 0. The maximum absolute atomic E-state index is 12.0. The number of aromatic amines is 1. The molecule has 0 bridgehead atoms. The lowest BCUT2D eigenvalue weighted by atomic mass is 9.81. The Morgan fingerprint density at radius 1 is 1.42 bits per heavy atom. The number of aryl methyl sites for hydroxylation is 1. The molecule has 1 aromatic rings. The van der Waals surface area contributed by atoms with E-state index in [2.05, 4.69) is 20.5 Å². The van der Waals surface area contributed by atoms with E-state index in [1.807, 2.05) is 0 Å². The van der Waals surface area contributed by atoms with Crippen molar-refractivity contribution in [1.29, 1.82) is 0 Å². The number of H-pyrrole nitrogens is 1. The predicted molar refractivity (Wildman–Crippen MR) is 72.2 cm³/mol. The Bertz CT molecular complexity index is 370. The van der Waals surface area contributed by atoms with E-state index in [0.29, 0.717) is 12.5 Å². The zero-order valence-electron chi connectivity index (χ0n) is 11.3. The van der Waals surface area contributed by atoms with E-state index in [0.717, 1.165) is 50.9 Å². The molecule has 1 aromatic heterocycles. The summed E-state index contributed by atoms with van der Waals surface area (Å²) in [6.45, 7) is 1.46. The molecular weight excluding hydrogens is 242 g/mol. The topological polar surface area (TPSA) is 96.7 Å². The first kappa shape index (κ1) is 14.0. The highest BCUT2D eigenvalue weighted by molar-refractivity contribution is 5.78. The summed E-state index contributed by atoms with van der Waals surface area (Å²) in [5.41, 5.74) is 5.65. The molecule has 1 fully saturated rings. The minimum absolute atomic E-state index is 0.188. The molecule has 6 heteroatoms. The third-order valence-corrected chi connectivity index (χ3v) is 3.91. The summed E-state index contributed by atoms with van der Waals surface area (Å²) >= 11 is 0. The number of nitrogens with one attached hydrogen (secondary N) is 2. The van der Waals surface area contributed by atoms with E-state index in [1.54, 1.807) is 0 Å². The van der Waals surface area contributed by atoms with Gasteiger partial charge in [-0.15, -0.1) is 0 Å². The first-order chi connectivity index (χ1) is 9.29. The van der Waals surface area contributed by atoms with Crippen LogP contribution in [0.1, 0.15) is 37.9 Å². The third kappa shape index (κ3) is 4.31. The van der Waals surface area contributed by atoms with Crippen molar-refractivity contribution in [1.82, 2.24) is 20.5 Å². The number of nitrogens with zero attached hydrogens (tertiary/aromatic N) is 2. The molecule has 0 aliphatic heterocycles. The van der Waals surface area contributed by atoms with E-state index < -0.39 is 0 Å². The number of amides is 1. The lowest BCUT2D eigenvalue weighted by molar-refractivity contribution is -0.126. The highest BCUT2D eigenvalue weighted by Crippen LogP contribution is 2.28. The van der Waals surface area contributed by atoms with Gasteiger partial charge in [-0.2, -0.15) is 5.10 Å². The molecule has 1 heterocycles. The molecule has 0 saturated heterocycles. The molecule has 0 aromatic carbocycles. The molecule has 0 unspecified atom stereocenters. The van der Waals surface area contributed by atoms with Crippen LogP contribution in [0.3, 0.4) is 0 Å². The molecule has 106 valence electrons. The summed E-state index contributed by atoms with van der Waals surface area (Å²) in [6.07, 6.45) is 7.36. The van der Waals surface area contributed by atoms with Crippen LogP contribution in [-0.4, -0.2) is 34.2 Å². The average Bonchev–Trinajstić information content (AvgIpc) is 2.96. The quantitative estimate of drug-likeness (QED) is 0.657. The van der Waals surface area contributed by atoms with Crippen LogP contribution >= 0.6 is 0 Å². The average molecular weight is 265 g/mol. The normalized spacial score (nSPS) is 23.2. The Balaban J connectivity index is 1.59. The Morgan fingerprint density at radius 3 is 2.84 bits per heavy atom. The maximum atomic E-state index is 12.0. The second-order valence-electron chi connectivity index (χ2n) is 5.28. The van der Waals surface area contributed by atoms with E-state index >= 15 is 0 Å². The lowest BCUT2D eigenvalue weighted by Crippen LogP contribution is -2.34. The highest BCUT2D eigenvalue weighted by Gasteiger charge is 2.25. The highest BCUT2D eigenvalue weighted by atomic mass is 16.1. The first-order valence-corrected chi connectivity index (χ1v) is 7.11. The number of carbonyl (C=O) groups is 1. The molecule has 1 aliphatic carbocycles. The number of hydrogen-bond acceptors (Lipinski definition) is 4. The van der Waals surface area contributed by atoms with Gasteiger partial charge in [-0.25, -0.2) is 4.98 Å². The molecule has 1 saturated carbocycles. The fraction of sp³-hybridized carbons (Fsp3) is 0.769. The molecule has 2 rings (SSSR count). The Hall–Kier alpha value is -1.43. The van der Waals surface area contributed by atoms with E-state index in [-0.39, 0.29) is 11.8 Å². The Kier molecular flexibility index (Phi) is 5.32. The number of nitrogens with two attached hydrogens (primary N) is 1. The Morgan fingerprint density at radius 2 is 2.21 bits per heavy atom. The smallest absolute Gasteiger partial charge is 0.223 e. The van der Waals surface area contributed by atoms with Crippen molar-refractivity contribution in [2.24, 2.45) is 17.6 Å². The van der Waals surface area contributed by atoms with Gasteiger partial charge in [-0.05, 0) is 44.6 Å². The van der Waals surface area contributed by atoms with Crippen LogP contribution in [-0.2, 0) is 11.2 Å². The van der Waals surface area contributed by atoms with E-state index in [4.69, 9.17) is 5.73 Å². The van der Waals surface area contributed by atoms with Crippen molar-refractivity contribution in [2.75, 3.05) is 13.1 Å². The van der Waals surface area contributed by atoms with Crippen LogP contribution in [0.5, 0.6) is 0 Å². The van der Waals surface area contributed by atoms with Gasteiger partial charge in [0.15, 0.2) is 0 Å². The van der Waals surface area contributed by atoms with Gasteiger partial charge in [0.1, 0.15) is 12.2 Å². The fourth-order valence-corrected chi connectivity index (χ4v) is 2.62.